The summed E-state index contributed by atoms with van der Waals surface area (Å²) in [5, 5.41) is 9.65. The molecule has 1 unspecified atom stereocenters. The average Bonchev–Trinajstić information content (AvgIpc) is 2.29. The average molecular weight is 289 g/mol. The number of carbonyl (C=O) groups is 2. The number of anilines is 1. The fourth-order valence-corrected chi connectivity index (χ4v) is 1.65. The molecule has 0 bridgehead atoms. The summed E-state index contributed by atoms with van der Waals surface area (Å²) >= 11 is 0. The van der Waals surface area contributed by atoms with E-state index in [0.717, 1.165) is 24.5 Å². The van der Waals surface area contributed by atoms with Gasteiger partial charge in [0, 0.05) is 11.9 Å². The molecule has 1 rings (SSSR count). The Hall–Kier alpha value is -1.96. The highest BCUT2D eigenvalue weighted by atomic mass is 32.2. The van der Waals surface area contributed by atoms with Gasteiger partial charge in [0.25, 0.3) is 0 Å². The highest BCUT2D eigenvalue weighted by Gasteiger charge is 2.24. The van der Waals surface area contributed by atoms with Crippen LogP contribution in [0.25, 0.3) is 0 Å². The van der Waals surface area contributed by atoms with Crippen LogP contribution in [0.3, 0.4) is 0 Å². The Morgan fingerprint density at radius 3 is 2.42 bits per heavy atom. The van der Waals surface area contributed by atoms with Gasteiger partial charge in [0.15, 0.2) is 9.84 Å². The highest BCUT2D eigenvalue weighted by molar-refractivity contribution is 7.92. The zero-order valence-electron chi connectivity index (χ0n) is 10.2. The van der Waals surface area contributed by atoms with Crippen molar-refractivity contribution < 1.29 is 27.5 Å². The first-order valence-electron chi connectivity index (χ1n) is 5.15. The van der Waals surface area contributed by atoms with Gasteiger partial charge in [-0.3, -0.25) is 4.79 Å². The predicted octanol–water partition coefficient (Wildman–Crippen LogP) is 0.896. The number of amides is 1. The van der Waals surface area contributed by atoms with E-state index < -0.39 is 38.3 Å². The summed E-state index contributed by atoms with van der Waals surface area (Å²) in [5.41, 5.74) is -0.593. The Kier molecular flexibility index (Phi) is 4.25. The van der Waals surface area contributed by atoms with Crippen LogP contribution in [0.15, 0.2) is 18.2 Å². The lowest BCUT2D eigenvalue weighted by Crippen LogP contribution is -2.31. The summed E-state index contributed by atoms with van der Waals surface area (Å²) in [7, 11) is -3.56. The largest absolute Gasteiger partial charge is 0.478 e. The van der Waals surface area contributed by atoms with Gasteiger partial charge in [-0.25, -0.2) is 17.6 Å². The number of halogens is 1. The van der Waals surface area contributed by atoms with Crippen LogP contribution in [-0.4, -0.2) is 36.9 Å². The lowest BCUT2D eigenvalue weighted by atomic mass is 10.2. The topological polar surface area (TPSA) is 101 Å². The van der Waals surface area contributed by atoms with Crippen LogP contribution in [0.4, 0.5) is 10.1 Å². The number of sulfone groups is 1. The fraction of sp³-hybridized carbons (Fsp3) is 0.273. The van der Waals surface area contributed by atoms with Crippen molar-refractivity contribution in [3.8, 4) is 0 Å². The molecule has 0 saturated carbocycles. The van der Waals surface area contributed by atoms with Crippen LogP contribution in [0.2, 0.25) is 0 Å². The third-order valence-electron chi connectivity index (χ3n) is 2.48. The number of carboxylic acid groups (broad SMARTS) is 1. The third-order valence-corrected chi connectivity index (χ3v) is 3.97. The van der Waals surface area contributed by atoms with Crippen molar-refractivity contribution in [2.75, 3.05) is 11.6 Å². The molecule has 2 N–H and O–H groups in total. The Morgan fingerprint density at radius 2 is 1.95 bits per heavy atom. The molecule has 1 amide bonds. The number of carbonyl (C=O) groups excluding carboxylic acids is 1. The minimum absolute atomic E-state index is 0.0132. The smallest absolute Gasteiger partial charge is 0.338 e. The van der Waals surface area contributed by atoms with Gasteiger partial charge >= 0.3 is 5.97 Å². The second kappa shape index (κ2) is 5.35. The molecule has 1 atom stereocenters. The van der Waals surface area contributed by atoms with Gasteiger partial charge < -0.3 is 10.4 Å². The first-order chi connectivity index (χ1) is 8.62. The second-order valence-electron chi connectivity index (χ2n) is 3.96. The number of rotatable bonds is 4. The van der Waals surface area contributed by atoms with Gasteiger partial charge in [-0.05, 0) is 25.1 Å². The van der Waals surface area contributed by atoms with Crippen molar-refractivity contribution in [2.45, 2.75) is 12.2 Å². The highest BCUT2D eigenvalue weighted by Crippen LogP contribution is 2.15. The van der Waals surface area contributed by atoms with E-state index in [-0.39, 0.29) is 5.69 Å². The molecule has 1 aromatic rings. The lowest BCUT2D eigenvalue weighted by Gasteiger charge is -2.11. The second-order valence-corrected chi connectivity index (χ2v) is 6.33. The minimum atomic E-state index is -3.56. The molecule has 6 nitrogen and oxygen atoms in total. The molecule has 0 aliphatic rings. The molecule has 0 aliphatic carbocycles. The Balaban J connectivity index is 2.98. The number of hydrogen-bond acceptors (Lipinski definition) is 4. The Morgan fingerprint density at radius 1 is 1.37 bits per heavy atom. The van der Waals surface area contributed by atoms with E-state index in [1.165, 1.54) is 6.92 Å². The summed E-state index contributed by atoms with van der Waals surface area (Å²) in [6.07, 6.45) is 0.907. The quantitative estimate of drug-likeness (QED) is 0.857. The van der Waals surface area contributed by atoms with E-state index in [9.17, 15) is 22.4 Å². The normalized spacial score (nSPS) is 12.8. The zero-order valence-corrected chi connectivity index (χ0v) is 11.0. The summed E-state index contributed by atoms with van der Waals surface area (Å²) in [6.45, 7) is 1.20. The van der Waals surface area contributed by atoms with Crippen LogP contribution < -0.4 is 5.32 Å². The Labute approximate surface area is 109 Å². The molecule has 8 heteroatoms. The van der Waals surface area contributed by atoms with E-state index in [2.05, 4.69) is 5.32 Å². The van der Waals surface area contributed by atoms with Crippen molar-refractivity contribution in [3.63, 3.8) is 0 Å². The first-order valence-corrected chi connectivity index (χ1v) is 7.11. The molecule has 0 radical (unpaired) electrons. The number of aromatic carboxylic acids is 1. The molecule has 0 spiro atoms. The maximum absolute atomic E-state index is 13.1. The molecule has 0 saturated heterocycles. The number of nitrogens with one attached hydrogen (secondary N) is 1. The van der Waals surface area contributed by atoms with Crippen molar-refractivity contribution >= 4 is 27.4 Å². The van der Waals surface area contributed by atoms with Gasteiger partial charge in [-0.1, -0.05) is 0 Å². The minimum Gasteiger partial charge on any atom is -0.478 e. The molecular formula is C11H12FNO5S. The maximum Gasteiger partial charge on any atom is 0.338 e. The Bertz CT molecular complexity index is 626. The molecule has 0 heterocycles. The zero-order chi connectivity index (χ0) is 14.8. The third kappa shape index (κ3) is 3.75. The molecule has 0 fully saturated rings. The van der Waals surface area contributed by atoms with Gasteiger partial charge in [0.05, 0.1) is 5.56 Å². The monoisotopic (exact) mass is 289 g/mol. The molecule has 104 valence electrons. The van der Waals surface area contributed by atoms with Gasteiger partial charge in [0.1, 0.15) is 11.1 Å². The van der Waals surface area contributed by atoms with Crippen molar-refractivity contribution in [2.24, 2.45) is 0 Å². The van der Waals surface area contributed by atoms with E-state index in [1.54, 1.807) is 0 Å². The summed E-state index contributed by atoms with van der Waals surface area (Å²) in [5.74, 6) is -3.24. The van der Waals surface area contributed by atoms with Crippen molar-refractivity contribution in [1.29, 1.82) is 0 Å². The van der Waals surface area contributed by atoms with Crippen molar-refractivity contribution in [1.82, 2.24) is 0 Å². The van der Waals surface area contributed by atoms with Crippen LogP contribution in [0.1, 0.15) is 17.3 Å². The van der Waals surface area contributed by atoms with Gasteiger partial charge in [0.2, 0.25) is 5.91 Å². The predicted molar refractivity (Wildman–Crippen MR) is 66.3 cm³/mol. The SMILES string of the molecule is CC(C(=O)Nc1ccc(F)c(C(=O)O)c1)S(C)(=O)=O. The molecule has 19 heavy (non-hydrogen) atoms. The molecule has 0 aromatic heterocycles. The molecule has 1 aromatic carbocycles. The van der Waals surface area contributed by atoms with Crippen LogP contribution in [0, 0.1) is 5.82 Å². The van der Waals surface area contributed by atoms with Gasteiger partial charge in [-0.2, -0.15) is 0 Å². The van der Waals surface area contributed by atoms with Crippen LogP contribution in [-0.2, 0) is 14.6 Å². The summed E-state index contributed by atoms with van der Waals surface area (Å²) in [6, 6.07) is 2.95. The summed E-state index contributed by atoms with van der Waals surface area (Å²) in [4.78, 5) is 22.3. The lowest BCUT2D eigenvalue weighted by molar-refractivity contribution is -0.115. The van der Waals surface area contributed by atoms with E-state index >= 15 is 0 Å². The van der Waals surface area contributed by atoms with E-state index in [4.69, 9.17) is 5.11 Å². The summed E-state index contributed by atoms with van der Waals surface area (Å²) < 4.78 is 35.5. The van der Waals surface area contributed by atoms with E-state index in [0.29, 0.717) is 0 Å². The van der Waals surface area contributed by atoms with Crippen LogP contribution >= 0.6 is 0 Å². The fourth-order valence-electron chi connectivity index (χ4n) is 1.21. The van der Waals surface area contributed by atoms with Crippen LogP contribution in [0.5, 0.6) is 0 Å². The first kappa shape index (κ1) is 15.1. The number of carboxylic acids is 1. The molecular weight excluding hydrogens is 277 g/mol. The van der Waals surface area contributed by atoms with Crippen molar-refractivity contribution in [3.05, 3.63) is 29.6 Å². The van der Waals surface area contributed by atoms with Gasteiger partial charge in [-0.15, -0.1) is 0 Å². The standard InChI is InChI=1S/C11H12FNO5S/c1-6(19(2,17)18)10(14)13-7-3-4-9(12)8(5-7)11(15)16/h3-6H,1-2H3,(H,13,14)(H,15,16). The maximum atomic E-state index is 13.1. The molecule has 0 aliphatic heterocycles. The number of hydrogen-bond donors (Lipinski definition) is 2. The number of benzene rings is 1. The van der Waals surface area contributed by atoms with E-state index in [1.807, 2.05) is 0 Å².